The summed E-state index contributed by atoms with van der Waals surface area (Å²) in [7, 11) is 0. The molecule has 2 aromatic rings. The number of alkyl carbamates (subject to hydrolysis) is 1. The fourth-order valence-corrected chi connectivity index (χ4v) is 4.58. The molecule has 2 N–H and O–H groups in total. The summed E-state index contributed by atoms with van der Waals surface area (Å²) in [6, 6.07) is 6.54. The van der Waals surface area contributed by atoms with E-state index >= 15 is 0 Å². The third-order valence-electron chi connectivity index (χ3n) is 6.16. The second-order valence-electron chi connectivity index (χ2n) is 10.1. The van der Waals surface area contributed by atoms with Crippen molar-refractivity contribution in [2.24, 2.45) is 0 Å². The number of anilines is 2. The molecule has 2 unspecified atom stereocenters. The van der Waals surface area contributed by atoms with Gasteiger partial charge in [0.05, 0.1) is 0 Å². The topological polar surface area (TPSA) is 99.7 Å². The summed E-state index contributed by atoms with van der Waals surface area (Å²) in [4.78, 5) is 39.0. The molecule has 1 saturated heterocycles. The first-order chi connectivity index (χ1) is 16.6. The maximum Gasteiger partial charge on any atom is 0.408 e. The summed E-state index contributed by atoms with van der Waals surface area (Å²) in [6.45, 7) is 10.8. The molecule has 188 valence electrons. The summed E-state index contributed by atoms with van der Waals surface area (Å²) in [6.07, 6.45) is 1.32. The highest BCUT2D eigenvalue weighted by Crippen LogP contribution is 2.36. The quantitative estimate of drug-likeness (QED) is 0.648. The minimum Gasteiger partial charge on any atom is -0.444 e. The Bertz CT molecular complexity index is 1060. The van der Waals surface area contributed by atoms with Gasteiger partial charge < -0.3 is 25.2 Å². The average Bonchev–Trinajstić information content (AvgIpc) is 3.19. The van der Waals surface area contributed by atoms with Crippen LogP contribution in [-0.4, -0.2) is 71.2 Å². The van der Waals surface area contributed by atoms with Crippen molar-refractivity contribution in [3.63, 3.8) is 0 Å². The van der Waals surface area contributed by atoms with E-state index in [-0.39, 0.29) is 5.91 Å². The van der Waals surface area contributed by atoms with Gasteiger partial charge in [-0.2, -0.15) is 0 Å². The molecule has 10 heteroatoms. The molecule has 1 aromatic carbocycles. The zero-order valence-electron chi connectivity index (χ0n) is 20.7. The molecule has 0 radical (unpaired) electrons. The monoisotopic (exact) mass is 500 g/mol. The van der Waals surface area contributed by atoms with Crippen molar-refractivity contribution in [2.45, 2.75) is 51.7 Å². The van der Waals surface area contributed by atoms with E-state index in [9.17, 15) is 9.59 Å². The van der Waals surface area contributed by atoms with Crippen LogP contribution in [0.15, 0.2) is 30.6 Å². The largest absolute Gasteiger partial charge is 0.444 e. The molecule has 3 heterocycles. The number of benzene rings is 1. The van der Waals surface area contributed by atoms with E-state index in [0.717, 1.165) is 29.3 Å². The Morgan fingerprint density at radius 3 is 2.51 bits per heavy atom. The lowest BCUT2D eigenvalue weighted by atomic mass is 10.0. The zero-order valence-corrected chi connectivity index (χ0v) is 21.4. The number of nitrogens with zero attached hydrogens (tertiary/aromatic N) is 4. The molecule has 2 aliphatic heterocycles. The smallest absolute Gasteiger partial charge is 0.408 e. The van der Waals surface area contributed by atoms with Crippen molar-refractivity contribution in [3.8, 4) is 0 Å². The van der Waals surface area contributed by atoms with Gasteiger partial charge in [0.15, 0.2) is 0 Å². The molecular formula is C25H33ClN6O3. The summed E-state index contributed by atoms with van der Waals surface area (Å²) in [5.74, 6) is 2.03. The molecule has 35 heavy (non-hydrogen) atoms. The Morgan fingerprint density at radius 2 is 1.86 bits per heavy atom. The average molecular weight is 501 g/mol. The molecule has 0 bridgehead atoms. The van der Waals surface area contributed by atoms with Gasteiger partial charge in [-0.3, -0.25) is 4.79 Å². The molecule has 1 fully saturated rings. The van der Waals surface area contributed by atoms with Crippen LogP contribution in [0.3, 0.4) is 0 Å². The van der Waals surface area contributed by atoms with Gasteiger partial charge in [-0.25, -0.2) is 14.8 Å². The highest BCUT2D eigenvalue weighted by Gasteiger charge is 2.33. The van der Waals surface area contributed by atoms with Gasteiger partial charge in [0.1, 0.15) is 29.6 Å². The number of hydrogen-bond donors (Lipinski definition) is 2. The first-order valence-electron chi connectivity index (χ1n) is 12.0. The van der Waals surface area contributed by atoms with E-state index in [2.05, 4.69) is 32.4 Å². The molecular weight excluding hydrogens is 468 g/mol. The van der Waals surface area contributed by atoms with E-state index in [4.69, 9.17) is 16.3 Å². The number of rotatable bonds is 5. The molecule has 0 saturated carbocycles. The van der Waals surface area contributed by atoms with Gasteiger partial charge in [0, 0.05) is 55.6 Å². The lowest BCUT2D eigenvalue weighted by Crippen LogP contribution is -2.56. The van der Waals surface area contributed by atoms with Crippen LogP contribution in [-0.2, 0) is 16.0 Å². The molecule has 9 nitrogen and oxygen atoms in total. The second kappa shape index (κ2) is 10.3. The molecule has 2 atom stereocenters. The number of aromatic nitrogens is 2. The van der Waals surface area contributed by atoms with E-state index in [1.807, 2.05) is 12.1 Å². The summed E-state index contributed by atoms with van der Waals surface area (Å²) in [5.41, 5.74) is 1.38. The van der Waals surface area contributed by atoms with Crippen molar-refractivity contribution in [3.05, 3.63) is 46.7 Å². The van der Waals surface area contributed by atoms with Crippen LogP contribution in [0, 0.1) is 0 Å². The van der Waals surface area contributed by atoms with Crippen molar-refractivity contribution in [2.75, 3.05) is 42.9 Å². The SMILES string of the molecule is CC1CNc2ncnc(N3CCN(C(=O)C(Cc4ccc(Cl)cc4)NC(=O)OC(C)(C)C)CC3)c21. The van der Waals surface area contributed by atoms with Crippen LogP contribution < -0.4 is 15.5 Å². The van der Waals surface area contributed by atoms with Gasteiger partial charge in [-0.15, -0.1) is 0 Å². The normalized spacial score (nSPS) is 18.5. The number of amides is 2. The molecule has 4 rings (SSSR count). The molecule has 1 aromatic heterocycles. The predicted octanol–water partition coefficient (Wildman–Crippen LogP) is 3.44. The van der Waals surface area contributed by atoms with Gasteiger partial charge in [0.2, 0.25) is 5.91 Å². The van der Waals surface area contributed by atoms with E-state index in [0.29, 0.717) is 43.5 Å². The van der Waals surface area contributed by atoms with Crippen molar-refractivity contribution in [1.82, 2.24) is 20.2 Å². The van der Waals surface area contributed by atoms with Crippen molar-refractivity contribution < 1.29 is 14.3 Å². The second-order valence-corrected chi connectivity index (χ2v) is 10.5. The van der Waals surface area contributed by atoms with E-state index in [1.54, 1.807) is 44.1 Å². The minimum atomic E-state index is -0.745. The van der Waals surface area contributed by atoms with Crippen molar-refractivity contribution >= 4 is 35.2 Å². The number of nitrogens with one attached hydrogen (secondary N) is 2. The minimum absolute atomic E-state index is 0.131. The van der Waals surface area contributed by atoms with E-state index in [1.165, 1.54) is 0 Å². The maximum absolute atomic E-state index is 13.5. The van der Waals surface area contributed by atoms with Crippen LogP contribution in [0.4, 0.5) is 16.4 Å². The van der Waals surface area contributed by atoms with Crippen LogP contribution in [0.1, 0.15) is 44.7 Å². The van der Waals surface area contributed by atoms with E-state index < -0.39 is 17.7 Å². The Labute approximate surface area is 211 Å². The lowest BCUT2D eigenvalue weighted by molar-refractivity contribution is -0.133. The number of hydrogen-bond acceptors (Lipinski definition) is 7. The lowest BCUT2D eigenvalue weighted by Gasteiger charge is -2.38. The highest BCUT2D eigenvalue weighted by molar-refractivity contribution is 6.30. The van der Waals surface area contributed by atoms with Gasteiger partial charge in [0.25, 0.3) is 0 Å². The van der Waals surface area contributed by atoms with Gasteiger partial charge in [-0.1, -0.05) is 30.7 Å². The molecule has 2 aliphatic rings. The Morgan fingerprint density at radius 1 is 1.17 bits per heavy atom. The third kappa shape index (κ3) is 6.14. The Hall–Kier alpha value is -3.07. The first kappa shape index (κ1) is 25.0. The standard InChI is InChI=1S/C25H33ClN6O3/c1-16-14-27-21-20(16)22(29-15-28-21)31-9-11-32(12-10-31)23(33)19(30-24(34)35-25(2,3)4)13-17-5-7-18(26)8-6-17/h5-8,15-16,19H,9-14H2,1-4H3,(H,30,34)(H,27,28,29). The number of ether oxygens (including phenoxy) is 1. The fraction of sp³-hybridized carbons (Fsp3) is 0.520. The summed E-state index contributed by atoms with van der Waals surface area (Å²) in [5, 5.41) is 6.74. The van der Waals surface area contributed by atoms with Crippen LogP contribution in [0.2, 0.25) is 5.02 Å². The molecule has 2 amide bonds. The number of piperazine rings is 1. The van der Waals surface area contributed by atoms with Gasteiger partial charge in [-0.05, 0) is 38.5 Å². The van der Waals surface area contributed by atoms with Gasteiger partial charge >= 0.3 is 6.09 Å². The Balaban J connectivity index is 1.45. The van der Waals surface area contributed by atoms with Crippen LogP contribution >= 0.6 is 11.6 Å². The third-order valence-corrected chi connectivity index (χ3v) is 6.42. The van der Waals surface area contributed by atoms with Crippen molar-refractivity contribution in [1.29, 1.82) is 0 Å². The number of halogens is 1. The summed E-state index contributed by atoms with van der Waals surface area (Å²) >= 11 is 6.02. The van der Waals surface area contributed by atoms with Crippen LogP contribution in [0.5, 0.6) is 0 Å². The number of fused-ring (bicyclic) bond motifs is 1. The maximum atomic E-state index is 13.5. The number of carbonyl (C=O) groups excluding carboxylic acids is 2. The predicted molar refractivity (Wildman–Crippen MR) is 136 cm³/mol. The summed E-state index contributed by atoms with van der Waals surface area (Å²) < 4.78 is 5.42. The van der Waals surface area contributed by atoms with Crippen LogP contribution in [0.25, 0.3) is 0 Å². The first-order valence-corrected chi connectivity index (χ1v) is 12.3. The molecule has 0 aliphatic carbocycles. The zero-order chi connectivity index (χ0) is 25.2. The fourth-order valence-electron chi connectivity index (χ4n) is 4.45. The molecule has 0 spiro atoms. The highest BCUT2D eigenvalue weighted by atomic mass is 35.5. The number of carbonyl (C=O) groups is 2. The Kier molecular flexibility index (Phi) is 7.35.